The van der Waals surface area contributed by atoms with Crippen LogP contribution in [0.25, 0.3) is 0 Å². The number of nitrogens with zero attached hydrogens (tertiary/aromatic N) is 1. The van der Waals surface area contributed by atoms with Gasteiger partial charge in [0.25, 0.3) is 0 Å². The number of fused-ring (bicyclic) bond motifs is 1. The van der Waals surface area contributed by atoms with Crippen LogP contribution < -0.4 is 14.4 Å². The minimum atomic E-state index is -0.437. The van der Waals surface area contributed by atoms with E-state index in [1.54, 1.807) is 30.3 Å². The maximum absolute atomic E-state index is 13.0. The Kier molecular flexibility index (Phi) is 3.45. The maximum Gasteiger partial charge on any atom is 0.237 e. The van der Waals surface area contributed by atoms with Crippen molar-refractivity contribution in [2.75, 3.05) is 11.7 Å². The number of hydrogen-bond acceptors (Lipinski definition) is 4. The molecule has 4 rings (SSSR count). The highest BCUT2D eigenvalue weighted by Gasteiger charge is 2.39. The predicted molar refractivity (Wildman–Crippen MR) is 83.3 cm³/mol. The van der Waals surface area contributed by atoms with Gasteiger partial charge in [0.05, 0.1) is 11.6 Å². The highest BCUT2D eigenvalue weighted by atomic mass is 19.1. The monoisotopic (exact) mass is 327 g/mol. The summed E-state index contributed by atoms with van der Waals surface area (Å²) in [6, 6.07) is 11.0. The van der Waals surface area contributed by atoms with Crippen LogP contribution in [0.4, 0.5) is 10.1 Å². The summed E-state index contributed by atoms with van der Waals surface area (Å²) in [6.07, 6.45) is 0.552. The van der Waals surface area contributed by atoms with Gasteiger partial charge >= 0.3 is 0 Å². The number of carbonyl (C=O) groups excluding carboxylic acids is 2. The molecule has 0 bridgehead atoms. The Morgan fingerprint density at radius 3 is 2.58 bits per heavy atom. The standard InChI is InChI=1S/C18H14FNO4/c19-13-3-1-11(2-4-13)7-12-8-17(21)20(18(12)22)14-5-6-15-16(9-14)24-10-23-15/h1-6,9,12H,7-8,10H2. The van der Waals surface area contributed by atoms with Crippen LogP contribution in [0.3, 0.4) is 0 Å². The first-order valence-corrected chi connectivity index (χ1v) is 7.63. The molecule has 1 unspecified atom stereocenters. The average Bonchev–Trinajstić information content (AvgIpc) is 3.14. The lowest BCUT2D eigenvalue weighted by Gasteiger charge is -2.15. The molecule has 2 aromatic carbocycles. The molecule has 0 N–H and O–H groups in total. The third-order valence-corrected chi connectivity index (χ3v) is 4.25. The Bertz CT molecular complexity index is 818. The normalized spacial score (nSPS) is 19.2. The molecule has 1 saturated heterocycles. The first-order valence-electron chi connectivity index (χ1n) is 7.63. The molecule has 24 heavy (non-hydrogen) atoms. The van der Waals surface area contributed by atoms with Crippen molar-refractivity contribution in [3.63, 3.8) is 0 Å². The number of anilines is 1. The molecule has 2 aromatic rings. The van der Waals surface area contributed by atoms with Crippen LogP contribution in [0.1, 0.15) is 12.0 Å². The molecule has 0 aliphatic carbocycles. The van der Waals surface area contributed by atoms with Crippen molar-refractivity contribution in [2.45, 2.75) is 12.8 Å². The van der Waals surface area contributed by atoms with Crippen molar-refractivity contribution >= 4 is 17.5 Å². The quantitative estimate of drug-likeness (QED) is 0.814. The molecule has 2 amide bonds. The molecule has 0 spiro atoms. The fraction of sp³-hybridized carbons (Fsp3) is 0.222. The van der Waals surface area contributed by atoms with E-state index in [1.165, 1.54) is 17.0 Å². The van der Waals surface area contributed by atoms with Crippen molar-refractivity contribution in [1.29, 1.82) is 0 Å². The van der Waals surface area contributed by atoms with Gasteiger partial charge in [-0.05, 0) is 36.2 Å². The van der Waals surface area contributed by atoms with Crippen LogP contribution >= 0.6 is 0 Å². The molecule has 122 valence electrons. The van der Waals surface area contributed by atoms with Crippen LogP contribution in [-0.4, -0.2) is 18.6 Å². The zero-order valence-electron chi connectivity index (χ0n) is 12.7. The highest BCUT2D eigenvalue weighted by molar-refractivity contribution is 6.21. The van der Waals surface area contributed by atoms with Gasteiger partial charge in [-0.25, -0.2) is 4.39 Å². The lowest BCUT2D eigenvalue weighted by atomic mass is 9.98. The van der Waals surface area contributed by atoms with Crippen molar-refractivity contribution in [3.05, 3.63) is 53.8 Å². The molecular formula is C18H14FNO4. The second kappa shape index (κ2) is 5.63. The van der Waals surface area contributed by atoms with Crippen molar-refractivity contribution in [3.8, 4) is 11.5 Å². The van der Waals surface area contributed by atoms with Crippen molar-refractivity contribution in [2.24, 2.45) is 5.92 Å². The van der Waals surface area contributed by atoms with E-state index >= 15 is 0 Å². The number of rotatable bonds is 3. The summed E-state index contributed by atoms with van der Waals surface area (Å²) in [5.74, 6) is -0.132. The Labute approximate surface area is 137 Å². The summed E-state index contributed by atoms with van der Waals surface area (Å²) in [5.41, 5.74) is 1.31. The van der Waals surface area contributed by atoms with Gasteiger partial charge in [-0.2, -0.15) is 0 Å². The van der Waals surface area contributed by atoms with Gasteiger partial charge in [0.2, 0.25) is 18.6 Å². The molecule has 0 radical (unpaired) electrons. The Morgan fingerprint density at radius 2 is 1.79 bits per heavy atom. The van der Waals surface area contributed by atoms with Crippen LogP contribution in [0.5, 0.6) is 11.5 Å². The topological polar surface area (TPSA) is 55.8 Å². The molecule has 2 aliphatic rings. The van der Waals surface area contributed by atoms with E-state index < -0.39 is 5.92 Å². The van der Waals surface area contributed by atoms with Gasteiger partial charge in [-0.15, -0.1) is 0 Å². The molecule has 1 fully saturated rings. The van der Waals surface area contributed by atoms with Crippen molar-refractivity contribution < 1.29 is 23.5 Å². The van der Waals surface area contributed by atoms with Gasteiger partial charge in [-0.3, -0.25) is 14.5 Å². The smallest absolute Gasteiger partial charge is 0.237 e. The van der Waals surface area contributed by atoms with E-state index in [2.05, 4.69) is 0 Å². The molecule has 0 saturated carbocycles. The molecule has 2 aliphatic heterocycles. The summed E-state index contributed by atoms with van der Waals surface area (Å²) < 4.78 is 23.5. The van der Waals surface area contributed by atoms with E-state index in [-0.39, 0.29) is 30.8 Å². The zero-order valence-corrected chi connectivity index (χ0v) is 12.7. The molecule has 1 atom stereocenters. The van der Waals surface area contributed by atoms with Gasteiger partial charge in [0.15, 0.2) is 11.5 Å². The number of halogens is 1. The number of carbonyl (C=O) groups is 2. The number of hydrogen-bond donors (Lipinski definition) is 0. The van der Waals surface area contributed by atoms with E-state index in [9.17, 15) is 14.0 Å². The predicted octanol–water partition coefficient (Wildman–Crippen LogP) is 2.68. The number of ether oxygens (including phenoxy) is 2. The fourth-order valence-electron chi connectivity index (χ4n) is 3.05. The van der Waals surface area contributed by atoms with Crippen LogP contribution in [0.2, 0.25) is 0 Å². The lowest BCUT2D eigenvalue weighted by molar-refractivity contribution is -0.122. The highest BCUT2D eigenvalue weighted by Crippen LogP contribution is 2.37. The number of amides is 2. The van der Waals surface area contributed by atoms with Crippen LogP contribution in [0, 0.1) is 11.7 Å². The van der Waals surface area contributed by atoms with E-state index in [1.807, 2.05) is 0 Å². The van der Waals surface area contributed by atoms with Gasteiger partial charge in [0, 0.05) is 12.5 Å². The summed E-state index contributed by atoms with van der Waals surface area (Å²) in [6.45, 7) is 0.133. The summed E-state index contributed by atoms with van der Waals surface area (Å²) in [7, 11) is 0. The first-order chi connectivity index (χ1) is 11.6. The second-order valence-corrected chi connectivity index (χ2v) is 5.84. The van der Waals surface area contributed by atoms with Crippen LogP contribution in [0.15, 0.2) is 42.5 Å². The average molecular weight is 327 g/mol. The summed E-state index contributed by atoms with van der Waals surface area (Å²) in [4.78, 5) is 26.2. The van der Waals surface area contributed by atoms with Gasteiger partial charge in [-0.1, -0.05) is 12.1 Å². The van der Waals surface area contributed by atoms with E-state index in [0.29, 0.717) is 23.6 Å². The second-order valence-electron chi connectivity index (χ2n) is 5.84. The fourth-order valence-corrected chi connectivity index (χ4v) is 3.05. The lowest BCUT2D eigenvalue weighted by Crippen LogP contribution is -2.30. The van der Waals surface area contributed by atoms with Gasteiger partial charge < -0.3 is 9.47 Å². The molecule has 2 heterocycles. The summed E-state index contributed by atoms with van der Waals surface area (Å²) >= 11 is 0. The Balaban J connectivity index is 1.56. The zero-order chi connectivity index (χ0) is 16.7. The molecule has 6 heteroatoms. The van der Waals surface area contributed by atoms with E-state index in [4.69, 9.17) is 9.47 Å². The Morgan fingerprint density at radius 1 is 1.04 bits per heavy atom. The molecular weight excluding hydrogens is 313 g/mol. The maximum atomic E-state index is 13.0. The third-order valence-electron chi connectivity index (χ3n) is 4.25. The van der Waals surface area contributed by atoms with Gasteiger partial charge in [0.1, 0.15) is 5.82 Å². The molecule has 0 aromatic heterocycles. The minimum absolute atomic E-state index is 0.133. The Hall–Kier alpha value is -2.89. The largest absolute Gasteiger partial charge is 0.454 e. The van der Waals surface area contributed by atoms with E-state index in [0.717, 1.165) is 5.56 Å². The van der Waals surface area contributed by atoms with Crippen molar-refractivity contribution in [1.82, 2.24) is 0 Å². The molecule has 5 nitrogen and oxygen atoms in total. The van der Waals surface area contributed by atoms with Crippen LogP contribution in [-0.2, 0) is 16.0 Å². The third kappa shape index (κ3) is 2.50. The minimum Gasteiger partial charge on any atom is -0.454 e. The summed E-state index contributed by atoms with van der Waals surface area (Å²) in [5, 5.41) is 0. The SMILES string of the molecule is O=C1CC(Cc2ccc(F)cc2)C(=O)N1c1ccc2c(c1)OCO2. The first kappa shape index (κ1) is 14.7. The number of benzene rings is 2. The number of imide groups is 1.